The lowest BCUT2D eigenvalue weighted by molar-refractivity contribution is -0.139. The molecule has 2 atom stereocenters. The molecule has 0 radical (unpaired) electrons. The molecule has 0 aliphatic rings. The van der Waals surface area contributed by atoms with E-state index in [4.69, 9.17) is 17.7 Å². The smallest absolute Gasteiger partial charge is 0.320 e. The molecule has 3 heteroatoms. The van der Waals surface area contributed by atoms with E-state index in [-0.39, 0.29) is 0 Å². The van der Waals surface area contributed by atoms with Crippen molar-refractivity contribution in [3.05, 3.63) is 0 Å². The molecule has 0 aliphatic carbocycles. The minimum Gasteiger partial charge on any atom is -0.480 e. The summed E-state index contributed by atoms with van der Waals surface area (Å²) in [5.41, 5.74) is 4.94. The Hall–Kier alpha value is -0.570. The van der Waals surface area contributed by atoms with Gasteiger partial charge in [-0.3, -0.25) is 4.79 Å². The van der Waals surface area contributed by atoms with Gasteiger partial charge in [-0.1, -0.05) is 13.8 Å². The Morgan fingerprint density at radius 3 is 2.75 bits per heavy atom. The van der Waals surface area contributed by atoms with Crippen LogP contribution in [-0.4, -0.2) is 17.1 Å². The Morgan fingerprint density at radius 2 is 2.62 bits per heavy atom. The monoisotopic (exact) mass is 127 g/mol. The molecule has 0 bridgehead atoms. The van der Waals surface area contributed by atoms with Crippen molar-refractivity contribution in [2.24, 2.45) is 11.6 Å². The van der Waals surface area contributed by atoms with Crippen LogP contribution >= 0.6 is 0 Å². The number of aliphatic carboxylic acids is 1. The summed E-state index contributed by atoms with van der Waals surface area (Å²) >= 11 is 0. The van der Waals surface area contributed by atoms with Gasteiger partial charge in [-0.05, 0) is 5.89 Å². The summed E-state index contributed by atoms with van der Waals surface area (Å²) in [5, 5.41) is 8.46. The maximum Gasteiger partial charge on any atom is 0.320 e. The van der Waals surface area contributed by atoms with E-state index in [1.807, 2.05) is 0 Å². The molecule has 0 heterocycles. The molecule has 3 nitrogen and oxygen atoms in total. The number of nitrogens with two attached hydrogens (primary N) is 1. The highest BCUT2D eigenvalue weighted by molar-refractivity contribution is 5.73. The van der Waals surface area contributed by atoms with Gasteiger partial charge in [0.2, 0.25) is 0 Å². The Kier molecular flexibility index (Phi) is 0.784. The Bertz CT molecular complexity index is 221. The fraction of sp³-hybridized carbons (Fsp3) is 0.800. The Balaban J connectivity index is 5.16. The molecule has 1 unspecified atom stereocenters. The van der Waals surface area contributed by atoms with Crippen LogP contribution in [0.15, 0.2) is 0 Å². The highest BCUT2D eigenvalue weighted by Crippen LogP contribution is 1.96. The lowest BCUT2D eigenvalue weighted by Gasteiger charge is -2.07. The van der Waals surface area contributed by atoms with Gasteiger partial charge in [-0.15, -0.1) is 0 Å². The predicted octanol–water partition coefficient (Wildman–Crippen LogP) is 0.0543. The molecule has 0 rings (SSSR count). The van der Waals surface area contributed by atoms with Crippen molar-refractivity contribution in [2.75, 3.05) is 0 Å². The van der Waals surface area contributed by atoms with Crippen molar-refractivity contribution in [2.45, 2.75) is 19.8 Å². The molecule has 48 valence electrons. The van der Waals surface area contributed by atoms with Crippen molar-refractivity contribution < 1.29 is 16.8 Å². The van der Waals surface area contributed by atoms with Crippen LogP contribution in [0.5, 0.6) is 0 Å². The van der Waals surface area contributed by atoms with Crippen molar-refractivity contribution in [3.63, 3.8) is 0 Å². The first-order valence-corrected chi connectivity index (χ1v) is 1.97. The van der Waals surface area contributed by atoms with Crippen LogP contribution < -0.4 is 5.73 Å². The van der Waals surface area contributed by atoms with Crippen LogP contribution in [0.1, 0.15) is 20.6 Å². The number of carbonyl (C=O) groups is 1. The van der Waals surface area contributed by atoms with Crippen molar-refractivity contribution >= 4 is 5.97 Å². The Morgan fingerprint density at radius 1 is 2.12 bits per heavy atom. The van der Waals surface area contributed by atoms with Crippen LogP contribution in [0.25, 0.3) is 0 Å². The lowest BCUT2D eigenvalue weighted by atomic mass is 10.9. The minimum atomic E-state index is -2.91. The first-order chi connectivity index (χ1) is 5.44. The third kappa shape index (κ3) is 1.93. The second kappa shape index (κ2) is 2.67. The van der Waals surface area contributed by atoms with Gasteiger partial charge in [0.1, 0.15) is 6.02 Å². The zero-order valence-electron chi connectivity index (χ0n) is 9.43. The maximum atomic E-state index is 10.4. The summed E-state index contributed by atoms with van der Waals surface area (Å²) in [4.78, 5) is 10.4. The first-order valence-electron chi connectivity index (χ1n) is 4.47. The van der Waals surface area contributed by atoms with Gasteiger partial charge in [0, 0.05) is 5.48 Å². The lowest BCUT2D eigenvalue weighted by Crippen LogP contribution is -2.34. The zero-order chi connectivity index (χ0) is 11.1. The van der Waals surface area contributed by atoms with Gasteiger partial charge in [0.05, 0.1) is 1.37 Å². The number of rotatable bonds is 2. The van der Waals surface area contributed by atoms with Crippen LogP contribution in [-0.2, 0) is 4.79 Å². The third-order valence-corrected chi connectivity index (χ3v) is 0.634. The van der Waals surface area contributed by atoms with Crippen molar-refractivity contribution in [1.82, 2.24) is 0 Å². The molecule has 0 spiro atoms. The predicted molar refractivity (Wildman–Crippen MR) is 30.4 cm³/mol. The molecule has 0 aliphatic heterocycles. The quantitative estimate of drug-likeness (QED) is 0.407. The van der Waals surface area contributed by atoms with Gasteiger partial charge in [0.25, 0.3) is 0 Å². The van der Waals surface area contributed by atoms with Crippen LogP contribution in [0.2, 0.25) is 0 Å². The zero-order valence-corrected chi connectivity index (χ0v) is 4.43. The molecule has 0 aromatic carbocycles. The van der Waals surface area contributed by atoms with Gasteiger partial charge in [0.15, 0.2) is 0 Å². The largest absolute Gasteiger partial charge is 0.480 e. The molecular weight excluding hydrogens is 111 g/mol. The number of carboxylic acids is 1. The van der Waals surface area contributed by atoms with E-state index in [9.17, 15) is 4.79 Å². The highest BCUT2D eigenvalue weighted by Gasteiger charge is 2.14. The molecule has 0 amide bonds. The average Bonchev–Trinajstić information content (AvgIpc) is 1.84. The number of hydrogen-bond donors (Lipinski definition) is 2. The highest BCUT2D eigenvalue weighted by atomic mass is 16.5. The second-order valence-corrected chi connectivity index (χ2v) is 1.34. The molecule has 0 saturated carbocycles. The standard InChI is InChI=1S/C5H11NO2/c1-3(2)4(6)5(7)8/h3-4H,6H2,1-2H3,(H,7,8)/t4-/m0/s1/i1D3,2+1,3+1D,4+1D,5+1,6+1/t3?,4-. The summed E-state index contributed by atoms with van der Waals surface area (Å²) in [6, 6.07) is -2.85. The fourth-order valence-electron chi connectivity index (χ4n) is 0.160. The van der Waals surface area contributed by atoms with E-state index in [1.165, 1.54) is 0 Å². The molecule has 0 fully saturated rings. The van der Waals surface area contributed by atoms with Crippen molar-refractivity contribution in [3.8, 4) is 0 Å². The van der Waals surface area contributed by atoms with Gasteiger partial charge < -0.3 is 10.8 Å². The van der Waals surface area contributed by atoms with Crippen LogP contribution in [0.3, 0.4) is 0 Å². The SMILES string of the molecule is [2H]C([2H])([2H])[13C]([2H])([13CH3])[13C@]([2H])([15NH2])[13C](=O)O. The topological polar surface area (TPSA) is 63.3 Å². The summed E-state index contributed by atoms with van der Waals surface area (Å²) < 4.78 is 34.9. The van der Waals surface area contributed by atoms with E-state index < -0.39 is 24.7 Å². The fourth-order valence-corrected chi connectivity index (χ4v) is 0.160. The van der Waals surface area contributed by atoms with Gasteiger partial charge in [-0.2, -0.15) is 0 Å². The van der Waals surface area contributed by atoms with E-state index >= 15 is 0 Å². The summed E-state index contributed by atoms with van der Waals surface area (Å²) in [6.07, 6.45) is 0. The number of carboxylic acid groups (broad SMARTS) is 1. The third-order valence-electron chi connectivity index (χ3n) is 0.634. The molecule has 0 saturated heterocycles. The molecule has 8 heavy (non-hydrogen) atoms. The van der Waals surface area contributed by atoms with E-state index in [0.717, 1.165) is 6.92 Å². The van der Waals surface area contributed by atoms with Gasteiger partial charge in [-0.25, -0.2) is 0 Å². The van der Waals surface area contributed by atoms with Crippen molar-refractivity contribution in [1.29, 1.82) is 0 Å². The molecule has 0 aromatic heterocycles. The minimum absolute atomic E-state index is 0.807. The van der Waals surface area contributed by atoms with Crippen LogP contribution in [0.4, 0.5) is 0 Å². The second-order valence-electron chi connectivity index (χ2n) is 1.34. The maximum absolute atomic E-state index is 10.4. The van der Waals surface area contributed by atoms with E-state index in [1.54, 1.807) is 0 Å². The average molecular weight is 127 g/mol. The Labute approximate surface area is 55.5 Å². The normalized spacial score (nSPS) is 36.0. The summed E-state index contributed by atoms with van der Waals surface area (Å²) in [5.74, 6) is -4.38. The number of hydrogen-bond acceptors (Lipinski definition) is 2. The van der Waals surface area contributed by atoms with Crippen LogP contribution in [0, 0.1) is 5.89 Å². The molecular formula is C5H11NO2. The van der Waals surface area contributed by atoms with Gasteiger partial charge >= 0.3 is 5.97 Å². The first kappa shape index (κ1) is 2.35. The molecule has 3 N–H and O–H groups in total. The molecule has 0 aromatic rings. The van der Waals surface area contributed by atoms with E-state index in [0.29, 0.717) is 0 Å². The summed E-state index contributed by atoms with van der Waals surface area (Å²) in [6.45, 7) is -2.11. The van der Waals surface area contributed by atoms with E-state index in [2.05, 4.69) is 0 Å². The summed E-state index contributed by atoms with van der Waals surface area (Å²) in [7, 11) is 0.